The number of carbonyl (C=O) groups excluding carboxylic acids is 1. The molecule has 0 fully saturated rings. The van der Waals surface area contributed by atoms with Crippen LogP contribution >= 0.6 is 0 Å². The van der Waals surface area contributed by atoms with Crippen molar-refractivity contribution in [3.8, 4) is 0 Å². The summed E-state index contributed by atoms with van der Waals surface area (Å²) in [6.45, 7) is 2.31. The molecule has 0 spiro atoms. The van der Waals surface area contributed by atoms with E-state index in [1.54, 1.807) is 0 Å². The smallest absolute Gasteiger partial charge is 0.233 e. The van der Waals surface area contributed by atoms with E-state index in [4.69, 9.17) is 5.73 Å². The van der Waals surface area contributed by atoms with Crippen LogP contribution in [0.4, 0.5) is 5.69 Å². The van der Waals surface area contributed by atoms with Gasteiger partial charge in [-0.3, -0.25) is 4.79 Å². The summed E-state index contributed by atoms with van der Waals surface area (Å²) in [6, 6.07) is 17.3. The lowest BCUT2D eigenvalue weighted by Crippen LogP contribution is -2.27. The molecule has 3 nitrogen and oxygen atoms in total. The second-order valence-electron chi connectivity index (χ2n) is 4.55. The summed E-state index contributed by atoms with van der Waals surface area (Å²) in [6.07, 6.45) is 0. The van der Waals surface area contributed by atoms with Crippen molar-refractivity contribution in [1.82, 2.24) is 0 Å². The highest BCUT2D eigenvalue weighted by Crippen LogP contribution is 2.17. The average molecular weight is 254 g/mol. The van der Waals surface area contributed by atoms with Gasteiger partial charge < -0.3 is 11.1 Å². The molecule has 1 amide bonds. The SMILES string of the molecule is Cc1ccc(NC(=O)C(CN)c2ccccc2)cc1. The van der Waals surface area contributed by atoms with E-state index in [-0.39, 0.29) is 11.8 Å². The molecule has 0 aliphatic heterocycles. The van der Waals surface area contributed by atoms with E-state index >= 15 is 0 Å². The first kappa shape index (κ1) is 13.3. The maximum absolute atomic E-state index is 12.2. The van der Waals surface area contributed by atoms with Crippen LogP contribution in [0.1, 0.15) is 17.0 Å². The van der Waals surface area contributed by atoms with Crippen LogP contribution in [0.3, 0.4) is 0 Å². The third kappa shape index (κ3) is 3.42. The van der Waals surface area contributed by atoms with Crippen molar-refractivity contribution in [2.75, 3.05) is 11.9 Å². The molecule has 0 heterocycles. The molecule has 19 heavy (non-hydrogen) atoms. The van der Waals surface area contributed by atoms with Gasteiger partial charge in [-0.2, -0.15) is 0 Å². The molecule has 0 aliphatic carbocycles. The molecule has 1 atom stereocenters. The van der Waals surface area contributed by atoms with Gasteiger partial charge in [-0.25, -0.2) is 0 Å². The van der Waals surface area contributed by atoms with Gasteiger partial charge in [0.15, 0.2) is 0 Å². The molecule has 0 bridgehead atoms. The van der Waals surface area contributed by atoms with E-state index in [1.807, 2.05) is 61.5 Å². The molecule has 3 N–H and O–H groups in total. The number of benzene rings is 2. The Morgan fingerprint density at radius 2 is 1.74 bits per heavy atom. The fraction of sp³-hybridized carbons (Fsp3) is 0.188. The highest BCUT2D eigenvalue weighted by atomic mass is 16.1. The minimum Gasteiger partial charge on any atom is -0.329 e. The Morgan fingerprint density at radius 3 is 2.32 bits per heavy atom. The number of aryl methyl sites for hydroxylation is 1. The van der Waals surface area contributed by atoms with Gasteiger partial charge in [0.1, 0.15) is 0 Å². The van der Waals surface area contributed by atoms with Crippen LogP contribution < -0.4 is 11.1 Å². The average Bonchev–Trinajstić information content (AvgIpc) is 2.43. The third-order valence-electron chi connectivity index (χ3n) is 3.07. The number of amides is 1. The Hall–Kier alpha value is -2.13. The van der Waals surface area contributed by atoms with Crippen LogP contribution in [-0.4, -0.2) is 12.5 Å². The number of rotatable bonds is 4. The first-order valence-electron chi connectivity index (χ1n) is 6.33. The van der Waals surface area contributed by atoms with Crippen LogP contribution in [0, 0.1) is 6.92 Å². The van der Waals surface area contributed by atoms with Gasteiger partial charge in [0, 0.05) is 12.2 Å². The predicted octanol–water partition coefficient (Wildman–Crippen LogP) is 2.68. The lowest BCUT2D eigenvalue weighted by Gasteiger charge is -2.15. The topological polar surface area (TPSA) is 55.1 Å². The molecule has 1 unspecified atom stereocenters. The van der Waals surface area contributed by atoms with Crippen molar-refractivity contribution in [3.63, 3.8) is 0 Å². The standard InChI is InChI=1S/C16H18N2O/c1-12-7-9-14(10-8-12)18-16(19)15(11-17)13-5-3-2-4-6-13/h2-10,15H,11,17H2,1H3,(H,18,19). The highest BCUT2D eigenvalue weighted by molar-refractivity contribution is 5.96. The van der Waals surface area contributed by atoms with Gasteiger partial charge in [-0.15, -0.1) is 0 Å². The molecular weight excluding hydrogens is 236 g/mol. The van der Waals surface area contributed by atoms with Crippen LogP contribution in [0.2, 0.25) is 0 Å². The number of nitrogens with one attached hydrogen (secondary N) is 1. The maximum atomic E-state index is 12.2. The molecule has 98 valence electrons. The number of hydrogen-bond acceptors (Lipinski definition) is 2. The summed E-state index contributed by atoms with van der Waals surface area (Å²) in [7, 11) is 0. The maximum Gasteiger partial charge on any atom is 0.233 e. The minimum atomic E-state index is -0.317. The van der Waals surface area contributed by atoms with E-state index < -0.39 is 0 Å². The summed E-state index contributed by atoms with van der Waals surface area (Å²) in [5.41, 5.74) is 8.62. The molecule has 2 aromatic rings. The largest absolute Gasteiger partial charge is 0.329 e. The van der Waals surface area contributed by atoms with E-state index in [2.05, 4.69) is 5.32 Å². The molecule has 0 radical (unpaired) electrons. The first-order valence-corrected chi connectivity index (χ1v) is 6.33. The number of carbonyl (C=O) groups is 1. The summed E-state index contributed by atoms with van der Waals surface area (Å²) >= 11 is 0. The summed E-state index contributed by atoms with van der Waals surface area (Å²) in [5, 5.41) is 2.90. The normalized spacial score (nSPS) is 11.9. The van der Waals surface area contributed by atoms with Crippen LogP contribution in [0.5, 0.6) is 0 Å². The minimum absolute atomic E-state index is 0.0717. The molecule has 3 heteroatoms. The van der Waals surface area contributed by atoms with E-state index in [0.717, 1.165) is 16.8 Å². The second-order valence-corrected chi connectivity index (χ2v) is 4.55. The van der Waals surface area contributed by atoms with Gasteiger partial charge in [0.05, 0.1) is 5.92 Å². The van der Waals surface area contributed by atoms with Gasteiger partial charge in [0.25, 0.3) is 0 Å². The van der Waals surface area contributed by atoms with E-state index in [1.165, 1.54) is 0 Å². The van der Waals surface area contributed by atoms with Crippen molar-refractivity contribution in [3.05, 3.63) is 65.7 Å². The Morgan fingerprint density at radius 1 is 1.11 bits per heavy atom. The Kier molecular flexibility index (Phi) is 4.31. The third-order valence-corrected chi connectivity index (χ3v) is 3.07. The van der Waals surface area contributed by atoms with Gasteiger partial charge in [0.2, 0.25) is 5.91 Å². The fourth-order valence-corrected chi connectivity index (χ4v) is 1.95. The van der Waals surface area contributed by atoms with Crippen molar-refractivity contribution < 1.29 is 4.79 Å². The zero-order valence-electron chi connectivity index (χ0n) is 11.0. The van der Waals surface area contributed by atoms with E-state index in [0.29, 0.717) is 6.54 Å². The van der Waals surface area contributed by atoms with Crippen LogP contribution in [0.25, 0.3) is 0 Å². The molecule has 0 aliphatic rings. The van der Waals surface area contributed by atoms with E-state index in [9.17, 15) is 4.79 Å². The van der Waals surface area contributed by atoms with Gasteiger partial charge in [-0.1, -0.05) is 48.0 Å². The first-order chi connectivity index (χ1) is 9.20. The fourth-order valence-electron chi connectivity index (χ4n) is 1.95. The van der Waals surface area contributed by atoms with Gasteiger partial charge >= 0.3 is 0 Å². The van der Waals surface area contributed by atoms with Crippen molar-refractivity contribution >= 4 is 11.6 Å². The molecule has 2 rings (SSSR count). The van der Waals surface area contributed by atoms with Crippen molar-refractivity contribution in [1.29, 1.82) is 0 Å². The summed E-state index contributed by atoms with van der Waals surface area (Å²) in [5.74, 6) is -0.389. The van der Waals surface area contributed by atoms with Crippen LogP contribution in [-0.2, 0) is 4.79 Å². The second kappa shape index (κ2) is 6.16. The molecule has 0 saturated carbocycles. The van der Waals surface area contributed by atoms with Crippen molar-refractivity contribution in [2.24, 2.45) is 5.73 Å². The number of hydrogen-bond donors (Lipinski definition) is 2. The van der Waals surface area contributed by atoms with Crippen LogP contribution in [0.15, 0.2) is 54.6 Å². The lowest BCUT2D eigenvalue weighted by atomic mass is 9.98. The number of anilines is 1. The monoisotopic (exact) mass is 254 g/mol. The van der Waals surface area contributed by atoms with Gasteiger partial charge in [-0.05, 0) is 24.6 Å². The lowest BCUT2D eigenvalue weighted by molar-refractivity contribution is -0.117. The molecule has 2 aromatic carbocycles. The quantitative estimate of drug-likeness (QED) is 0.881. The molecule has 0 aromatic heterocycles. The summed E-state index contributed by atoms with van der Waals surface area (Å²) in [4.78, 5) is 12.2. The summed E-state index contributed by atoms with van der Waals surface area (Å²) < 4.78 is 0. The Labute approximate surface area is 113 Å². The molecular formula is C16H18N2O. The Balaban J connectivity index is 2.11. The predicted molar refractivity (Wildman–Crippen MR) is 78.0 cm³/mol. The zero-order valence-corrected chi connectivity index (χ0v) is 11.0. The van der Waals surface area contributed by atoms with Crippen molar-refractivity contribution in [2.45, 2.75) is 12.8 Å². The number of nitrogens with two attached hydrogens (primary N) is 1. The molecule has 0 saturated heterocycles. The Bertz CT molecular complexity index is 534. The zero-order chi connectivity index (χ0) is 13.7. The highest BCUT2D eigenvalue weighted by Gasteiger charge is 2.18.